The van der Waals surface area contributed by atoms with Gasteiger partial charge in [-0.05, 0) is 37.6 Å². The number of rotatable bonds is 7. The molecule has 3 nitrogen and oxygen atoms in total. The van der Waals surface area contributed by atoms with Crippen LogP contribution >= 0.6 is 0 Å². The molecule has 1 aromatic heterocycles. The molecular weight excluding hydrogens is 386 g/mol. The van der Waals surface area contributed by atoms with E-state index in [-0.39, 0.29) is 30.8 Å². The molecule has 0 saturated carbocycles. The molecule has 28 heavy (non-hydrogen) atoms. The second-order valence-electron chi connectivity index (χ2n) is 6.47. The number of pyridine rings is 1. The van der Waals surface area contributed by atoms with Crippen LogP contribution in [0, 0.1) is 6.92 Å². The fourth-order valence-corrected chi connectivity index (χ4v) is 2.53. The van der Waals surface area contributed by atoms with Crippen molar-refractivity contribution in [3.63, 3.8) is 0 Å². The summed E-state index contributed by atoms with van der Waals surface area (Å²) in [6.07, 6.45) is -11.4. The van der Waals surface area contributed by atoms with Gasteiger partial charge in [-0.2, -0.15) is 26.3 Å². The van der Waals surface area contributed by atoms with Crippen LogP contribution in [0.3, 0.4) is 0 Å². The molecule has 0 amide bonds. The molecule has 1 atom stereocenters. The normalized spacial score (nSPS) is 13.6. The Morgan fingerprint density at radius 1 is 1.04 bits per heavy atom. The Morgan fingerprint density at radius 3 is 2.25 bits per heavy atom. The molecule has 1 aromatic carbocycles. The molecule has 0 bridgehead atoms. The number of aliphatic hydroxyl groups excluding tert-OH is 1. The highest BCUT2D eigenvalue weighted by molar-refractivity contribution is 5.61. The van der Waals surface area contributed by atoms with Crippen molar-refractivity contribution in [3.05, 3.63) is 53.2 Å². The van der Waals surface area contributed by atoms with E-state index in [4.69, 9.17) is 0 Å². The molecule has 154 valence electrons. The zero-order valence-electron chi connectivity index (χ0n) is 15.0. The average Bonchev–Trinajstić information content (AvgIpc) is 2.59. The van der Waals surface area contributed by atoms with Gasteiger partial charge in [-0.15, -0.1) is 0 Å². The van der Waals surface area contributed by atoms with Crippen LogP contribution in [0.2, 0.25) is 0 Å². The van der Waals surface area contributed by atoms with Crippen molar-refractivity contribution in [1.82, 2.24) is 10.3 Å². The molecule has 2 aromatic rings. The summed E-state index contributed by atoms with van der Waals surface area (Å²) in [6.45, 7) is 1.65. The standard InChI is InChI=1S/C19H20F6N2O/c1-12-3-5-13(6-4-12)15-9-14(10-17(27-15)19(23,24)25)16(28)11-26-8-2-7-18(20,21)22/h3-6,9-10,16,26,28H,2,7-8,11H2,1H3/t16-/m1/s1. The molecule has 1 heterocycles. The second-order valence-corrected chi connectivity index (χ2v) is 6.47. The number of aromatic nitrogens is 1. The van der Waals surface area contributed by atoms with Gasteiger partial charge in [0.25, 0.3) is 0 Å². The highest BCUT2D eigenvalue weighted by atomic mass is 19.4. The van der Waals surface area contributed by atoms with Crippen LogP contribution in [-0.2, 0) is 6.18 Å². The largest absolute Gasteiger partial charge is 0.433 e. The van der Waals surface area contributed by atoms with Gasteiger partial charge in [-0.3, -0.25) is 0 Å². The van der Waals surface area contributed by atoms with E-state index in [1.807, 2.05) is 6.92 Å². The third-order valence-electron chi connectivity index (χ3n) is 4.02. The quantitative estimate of drug-likeness (QED) is 0.500. The lowest BCUT2D eigenvalue weighted by Gasteiger charge is -2.16. The lowest BCUT2D eigenvalue weighted by atomic mass is 10.0. The Hall–Kier alpha value is -2.13. The van der Waals surface area contributed by atoms with Crippen LogP contribution in [0.25, 0.3) is 11.3 Å². The number of aliphatic hydroxyl groups is 1. The summed E-state index contributed by atoms with van der Waals surface area (Å²) in [6, 6.07) is 8.82. The first kappa shape index (κ1) is 22.2. The van der Waals surface area contributed by atoms with Crippen LogP contribution in [0.4, 0.5) is 26.3 Å². The maximum absolute atomic E-state index is 13.2. The van der Waals surface area contributed by atoms with Gasteiger partial charge in [0.2, 0.25) is 0 Å². The van der Waals surface area contributed by atoms with Gasteiger partial charge in [0.1, 0.15) is 5.69 Å². The number of halogens is 6. The molecule has 0 unspecified atom stereocenters. The molecule has 0 aliphatic rings. The van der Waals surface area contributed by atoms with Crippen LogP contribution in [0.15, 0.2) is 36.4 Å². The fourth-order valence-electron chi connectivity index (χ4n) is 2.53. The predicted molar refractivity (Wildman–Crippen MR) is 92.5 cm³/mol. The Bertz CT molecular complexity index is 771. The Morgan fingerprint density at radius 2 is 1.68 bits per heavy atom. The van der Waals surface area contributed by atoms with Crippen molar-refractivity contribution >= 4 is 0 Å². The number of hydrogen-bond donors (Lipinski definition) is 2. The lowest BCUT2D eigenvalue weighted by molar-refractivity contribution is -0.141. The maximum atomic E-state index is 13.2. The average molecular weight is 406 g/mol. The summed E-state index contributed by atoms with van der Waals surface area (Å²) >= 11 is 0. The minimum Gasteiger partial charge on any atom is -0.387 e. The van der Waals surface area contributed by atoms with Crippen molar-refractivity contribution in [2.24, 2.45) is 0 Å². The summed E-state index contributed by atoms with van der Waals surface area (Å²) in [5, 5.41) is 12.8. The van der Waals surface area contributed by atoms with E-state index in [0.29, 0.717) is 5.56 Å². The summed E-state index contributed by atoms with van der Waals surface area (Å²) in [7, 11) is 0. The number of alkyl halides is 6. The first-order valence-corrected chi connectivity index (χ1v) is 8.57. The van der Waals surface area contributed by atoms with E-state index in [1.165, 1.54) is 6.07 Å². The van der Waals surface area contributed by atoms with Crippen LogP contribution in [0.5, 0.6) is 0 Å². The van der Waals surface area contributed by atoms with Crippen LogP contribution < -0.4 is 5.32 Å². The minimum absolute atomic E-state index is 0.0128. The summed E-state index contributed by atoms with van der Waals surface area (Å²) in [5.41, 5.74) is 0.293. The van der Waals surface area contributed by atoms with Gasteiger partial charge in [-0.25, -0.2) is 4.98 Å². The van der Waals surface area contributed by atoms with Crippen LogP contribution in [-0.4, -0.2) is 29.4 Å². The highest BCUT2D eigenvalue weighted by Gasteiger charge is 2.34. The van der Waals surface area contributed by atoms with E-state index < -0.39 is 30.6 Å². The molecular formula is C19H20F6N2O. The zero-order chi connectivity index (χ0) is 20.9. The van der Waals surface area contributed by atoms with Gasteiger partial charge in [0, 0.05) is 18.5 Å². The van der Waals surface area contributed by atoms with E-state index in [9.17, 15) is 31.4 Å². The molecule has 0 radical (unpaired) electrons. The zero-order valence-corrected chi connectivity index (χ0v) is 15.0. The lowest BCUT2D eigenvalue weighted by Crippen LogP contribution is -2.24. The SMILES string of the molecule is Cc1ccc(-c2cc([C@H](O)CNCCCC(F)(F)F)cc(C(F)(F)F)n2)cc1. The predicted octanol–water partition coefficient (Wildman–Crippen LogP) is 5.04. The van der Waals surface area contributed by atoms with Crippen molar-refractivity contribution in [2.75, 3.05) is 13.1 Å². The molecule has 2 N–H and O–H groups in total. The van der Waals surface area contributed by atoms with Crippen molar-refractivity contribution in [2.45, 2.75) is 38.2 Å². The molecule has 0 fully saturated rings. The third kappa shape index (κ3) is 6.79. The highest BCUT2D eigenvalue weighted by Crippen LogP contribution is 2.32. The number of nitrogens with one attached hydrogen (secondary N) is 1. The smallest absolute Gasteiger partial charge is 0.387 e. The summed E-state index contributed by atoms with van der Waals surface area (Å²) in [4.78, 5) is 3.64. The molecule has 9 heteroatoms. The van der Waals surface area contributed by atoms with Gasteiger partial charge in [-0.1, -0.05) is 29.8 Å². The maximum Gasteiger partial charge on any atom is 0.433 e. The van der Waals surface area contributed by atoms with Crippen molar-refractivity contribution in [3.8, 4) is 11.3 Å². The Kier molecular flexibility index (Phi) is 7.06. The van der Waals surface area contributed by atoms with E-state index in [0.717, 1.165) is 11.6 Å². The molecule has 0 aliphatic heterocycles. The fraction of sp³-hybridized carbons (Fsp3) is 0.421. The number of aryl methyl sites for hydroxylation is 1. The van der Waals surface area contributed by atoms with Crippen molar-refractivity contribution in [1.29, 1.82) is 0 Å². The third-order valence-corrected chi connectivity index (χ3v) is 4.02. The number of nitrogens with zero attached hydrogens (tertiary/aromatic N) is 1. The molecule has 2 rings (SSSR count). The first-order valence-electron chi connectivity index (χ1n) is 8.57. The van der Waals surface area contributed by atoms with E-state index >= 15 is 0 Å². The number of benzene rings is 1. The van der Waals surface area contributed by atoms with Crippen LogP contribution in [0.1, 0.15) is 35.8 Å². The van der Waals surface area contributed by atoms with Gasteiger partial charge >= 0.3 is 12.4 Å². The van der Waals surface area contributed by atoms with Gasteiger partial charge in [0.05, 0.1) is 11.8 Å². The van der Waals surface area contributed by atoms with Gasteiger partial charge < -0.3 is 10.4 Å². The van der Waals surface area contributed by atoms with Gasteiger partial charge in [0.15, 0.2) is 0 Å². The summed E-state index contributed by atoms with van der Waals surface area (Å²) in [5.74, 6) is 0. The topological polar surface area (TPSA) is 45.1 Å². The van der Waals surface area contributed by atoms with E-state index in [1.54, 1.807) is 24.3 Å². The van der Waals surface area contributed by atoms with E-state index in [2.05, 4.69) is 10.3 Å². The second kappa shape index (κ2) is 8.91. The number of hydrogen-bond acceptors (Lipinski definition) is 3. The Balaban J connectivity index is 2.16. The monoisotopic (exact) mass is 406 g/mol. The van der Waals surface area contributed by atoms with Crippen molar-refractivity contribution < 1.29 is 31.4 Å². The minimum atomic E-state index is -4.70. The molecule has 0 saturated heterocycles. The summed E-state index contributed by atoms with van der Waals surface area (Å²) < 4.78 is 75.9. The molecule has 0 aliphatic carbocycles. The first-order chi connectivity index (χ1) is 13.0. The Labute approximate surface area is 158 Å². The molecule has 0 spiro atoms.